The highest BCUT2D eigenvalue weighted by molar-refractivity contribution is 5.97. The van der Waals surface area contributed by atoms with E-state index in [1.165, 1.54) is 12.1 Å². The first-order valence-electron chi connectivity index (χ1n) is 8.13. The number of amides is 3. The molecule has 144 valence electrons. The van der Waals surface area contributed by atoms with Gasteiger partial charge in [-0.15, -0.1) is 0 Å². The molecule has 0 fully saturated rings. The summed E-state index contributed by atoms with van der Waals surface area (Å²) in [6.07, 6.45) is 0. The Kier molecular flexibility index (Phi) is 6.86. The summed E-state index contributed by atoms with van der Waals surface area (Å²) in [4.78, 5) is 38.9. The number of imide groups is 1. The number of rotatable bonds is 7. The molecule has 2 N–H and O–H groups in total. The number of hydrogen-bond acceptors (Lipinski definition) is 8. The molecule has 2 aromatic rings. The van der Waals surface area contributed by atoms with Crippen LogP contribution < -0.4 is 15.4 Å². The van der Waals surface area contributed by atoms with Crippen LogP contribution in [0.4, 0.5) is 4.79 Å². The molecule has 1 aromatic carbocycles. The average Bonchev–Trinajstić information content (AvgIpc) is 3.03. The first-order valence-corrected chi connectivity index (χ1v) is 8.13. The number of nitrogens with one attached hydrogen (secondary N) is 2. The first kappa shape index (κ1) is 19.9. The van der Waals surface area contributed by atoms with E-state index < -0.39 is 24.5 Å². The van der Waals surface area contributed by atoms with Gasteiger partial charge in [0, 0.05) is 13.0 Å². The zero-order valence-electron chi connectivity index (χ0n) is 15.1. The zero-order chi connectivity index (χ0) is 19.8. The van der Waals surface area contributed by atoms with Crippen LogP contribution in [-0.4, -0.2) is 40.7 Å². The molecule has 1 heterocycles. The molecule has 10 heteroatoms. The minimum atomic E-state index is -0.725. The van der Waals surface area contributed by atoms with Crippen LogP contribution in [0.2, 0.25) is 0 Å². The molecule has 0 bridgehead atoms. The van der Waals surface area contributed by atoms with Crippen LogP contribution in [-0.2, 0) is 16.1 Å². The van der Waals surface area contributed by atoms with Gasteiger partial charge < -0.3 is 19.3 Å². The number of urea groups is 1. The number of ether oxygens (including phenoxy) is 2. The Morgan fingerprint density at radius 2 is 1.89 bits per heavy atom. The lowest BCUT2D eigenvalue weighted by Crippen LogP contribution is -2.44. The summed E-state index contributed by atoms with van der Waals surface area (Å²) in [5.41, 5.74) is 0.234. The highest BCUT2D eigenvalue weighted by atomic mass is 16.5. The Labute approximate surface area is 155 Å². The molecule has 27 heavy (non-hydrogen) atoms. The second-order valence-corrected chi connectivity index (χ2v) is 5.80. The minimum absolute atomic E-state index is 0.120. The Bertz CT molecular complexity index is 800. The van der Waals surface area contributed by atoms with Gasteiger partial charge in [-0.25, -0.2) is 9.59 Å². The van der Waals surface area contributed by atoms with E-state index in [4.69, 9.17) is 14.0 Å². The van der Waals surface area contributed by atoms with Crippen LogP contribution in [0.3, 0.4) is 0 Å². The Balaban J connectivity index is 1.77. The molecular weight excluding hydrogens is 356 g/mol. The largest absolute Gasteiger partial charge is 0.485 e. The van der Waals surface area contributed by atoms with Crippen molar-refractivity contribution in [1.29, 1.82) is 0 Å². The maximum atomic E-state index is 11.9. The smallest absolute Gasteiger partial charge is 0.338 e. The molecule has 1 aromatic heterocycles. The van der Waals surface area contributed by atoms with Crippen LogP contribution >= 0.6 is 0 Å². The van der Waals surface area contributed by atoms with E-state index in [1.807, 2.05) is 0 Å². The quantitative estimate of drug-likeness (QED) is 0.692. The maximum Gasteiger partial charge on any atom is 0.338 e. The Hall–Kier alpha value is -3.43. The number of carbonyl (C=O) groups excluding carboxylic acids is 3. The molecule has 0 aliphatic heterocycles. The molecule has 0 saturated carbocycles. The number of nitrogens with zero attached hydrogens (tertiary/aromatic N) is 2. The van der Waals surface area contributed by atoms with E-state index in [0.29, 0.717) is 17.5 Å². The molecule has 0 unspecified atom stereocenters. The number of esters is 1. The first-order chi connectivity index (χ1) is 12.8. The number of hydrogen-bond donors (Lipinski definition) is 2. The number of aryl methyl sites for hydroxylation is 1. The van der Waals surface area contributed by atoms with Gasteiger partial charge in [0.25, 0.3) is 5.91 Å². The fraction of sp³-hybridized carbons (Fsp3) is 0.353. The van der Waals surface area contributed by atoms with Crippen LogP contribution in [0.25, 0.3) is 0 Å². The topological polar surface area (TPSA) is 133 Å². The predicted octanol–water partition coefficient (Wildman–Crippen LogP) is 1.35. The summed E-state index contributed by atoms with van der Waals surface area (Å²) in [7, 11) is 0. The lowest BCUT2D eigenvalue weighted by Gasteiger charge is -2.09. The van der Waals surface area contributed by atoms with E-state index in [9.17, 15) is 14.4 Å². The van der Waals surface area contributed by atoms with Crippen LogP contribution in [0.15, 0.2) is 28.8 Å². The normalized spacial score (nSPS) is 10.4. The van der Waals surface area contributed by atoms with Crippen molar-refractivity contribution in [2.24, 2.45) is 0 Å². The molecule has 0 atom stereocenters. The van der Waals surface area contributed by atoms with Crippen molar-refractivity contribution < 1.29 is 28.4 Å². The summed E-state index contributed by atoms with van der Waals surface area (Å²) >= 11 is 0. The third-order valence-electron chi connectivity index (χ3n) is 3.03. The Morgan fingerprint density at radius 1 is 1.19 bits per heavy atom. The van der Waals surface area contributed by atoms with Gasteiger partial charge in [-0.3, -0.25) is 10.1 Å². The lowest BCUT2D eigenvalue weighted by atomic mass is 10.2. The molecule has 0 saturated heterocycles. The molecule has 0 aliphatic rings. The van der Waals surface area contributed by atoms with Crippen LogP contribution in [0.1, 0.15) is 35.9 Å². The van der Waals surface area contributed by atoms with E-state index in [-0.39, 0.29) is 18.2 Å². The summed E-state index contributed by atoms with van der Waals surface area (Å²) in [6.45, 7) is 4.73. The van der Waals surface area contributed by atoms with Crippen molar-refractivity contribution >= 4 is 17.9 Å². The van der Waals surface area contributed by atoms with Crippen molar-refractivity contribution in [3.8, 4) is 5.75 Å². The van der Waals surface area contributed by atoms with Gasteiger partial charge >= 0.3 is 12.0 Å². The zero-order valence-corrected chi connectivity index (χ0v) is 15.1. The van der Waals surface area contributed by atoms with E-state index in [1.54, 1.807) is 32.9 Å². The van der Waals surface area contributed by atoms with Crippen LogP contribution in [0.5, 0.6) is 5.75 Å². The van der Waals surface area contributed by atoms with E-state index >= 15 is 0 Å². The average molecular weight is 376 g/mol. The standard InChI is InChI=1S/C17H20N4O6/c1-10(2)18-17(24)20-15(22)9-26-16(23)12-4-6-13(7-5-12)25-8-14-19-11(3)27-21-14/h4-7,10H,8-9H2,1-3H3,(H2,18,20,22,24). The minimum Gasteiger partial charge on any atom is -0.485 e. The van der Waals surface area contributed by atoms with Gasteiger partial charge in [-0.2, -0.15) is 4.98 Å². The highest BCUT2D eigenvalue weighted by Crippen LogP contribution is 2.14. The number of carbonyl (C=O) groups is 3. The van der Waals surface area contributed by atoms with Crippen molar-refractivity contribution in [2.75, 3.05) is 6.61 Å². The molecular formula is C17H20N4O6. The highest BCUT2D eigenvalue weighted by Gasteiger charge is 2.13. The van der Waals surface area contributed by atoms with Gasteiger partial charge in [-0.1, -0.05) is 5.16 Å². The van der Waals surface area contributed by atoms with Crippen molar-refractivity contribution in [3.63, 3.8) is 0 Å². The summed E-state index contributed by atoms with van der Waals surface area (Å²) in [5, 5.41) is 8.24. The van der Waals surface area contributed by atoms with E-state index in [0.717, 1.165) is 0 Å². The van der Waals surface area contributed by atoms with Gasteiger partial charge in [0.05, 0.1) is 5.56 Å². The van der Waals surface area contributed by atoms with Crippen LogP contribution in [0, 0.1) is 6.92 Å². The molecule has 10 nitrogen and oxygen atoms in total. The van der Waals surface area contributed by atoms with Crippen molar-refractivity contribution in [2.45, 2.75) is 33.4 Å². The molecule has 3 amide bonds. The predicted molar refractivity (Wildman–Crippen MR) is 91.9 cm³/mol. The summed E-state index contributed by atoms with van der Waals surface area (Å²) in [6, 6.07) is 5.35. The Morgan fingerprint density at radius 3 is 2.48 bits per heavy atom. The van der Waals surface area contributed by atoms with Gasteiger partial charge in [-0.05, 0) is 38.1 Å². The van der Waals surface area contributed by atoms with E-state index in [2.05, 4.69) is 20.8 Å². The maximum absolute atomic E-state index is 11.9. The number of aromatic nitrogens is 2. The molecule has 2 rings (SSSR count). The van der Waals surface area contributed by atoms with Gasteiger partial charge in [0.15, 0.2) is 13.2 Å². The molecule has 0 radical (unpaired) electrons. The SMILES string of the molecule is Cc1nc(COc2ccc(C(=O)OCC(=O)NC(=O)NC(C)C)cc2)no1. The van der Waals surface area contributed by atoms with Crippen molar-refractivity contribution in [3.05, 3.63) is 41.5 Å². The summed E-state index contributed by atoms with van der Waals surface area (Å²) < 4.78 is 15.2. The van der Waals surface area contributed by atoms with Gasteiger partial charge in [0.1, 0.15) is 5.75 Å². The third-order valence-corrected chi connectivity index (χ3v) is 3.03. The fourth-order valence-electron chi connectivity index (χ4n) is 1.91. The monoisotopic (exact) mass is 376 g/mol. The third kappa shape index (κ3) is 6.77. The van der Waals surface area contributed by atoms with Gasteiger partial charge in [0.2, 0.25) is 11.7 Å². The second-order valence-electron chi connectivity index (χ2n) is 5.80. The second kappa shape index (κ2) is 9.32. The number of benzene rings is 1. The molecule has 0 aliphatic carbocycles. The lowest BCUT2D eigenvalue weighted by molar-refractivity contribution is -0.123. The fourth-order valence-corrected chi connectivity index (χ4v) is 1.91. The summed E-state index contributed by atoms with van der Waals surface area (Å²) in [5.74, 6) is -0.0790. The molecule has 0 spiro atoms. The van der Waals surface area contributed by atoms with Crippen molar-refractivity contribution in [1.82, 2.24) is 20.8 Å².